The van der Waals surface area contributed by atoms with Crippen molar-refractivity contribution in [3.63, 3.8) is 0 Å². The number of thiophene rings is 1. The zero-order chi connectivity index (χ0) is 74.4. The van der Waals surface area contributed by atoms with E-state index in [1.807, 2.05) is 112 Å². The van der Waals surface area contributed by atoms with Crippen LogP contribution in [-0.2, 0) is 68.7 Å². The van der Waals surface area contributed by atoms with Gasteiger partial charge in [0, 0.05) is 72.6 Å². The predicted octanol–water partition coefficient (Wildman–Crippen LogP) is 7.22. The maximum atomic E-state index is 14.3. The second-order valence-corrected chi connectivity index (χ2v) is 32.1. The molecule has 6 aliphatic rings. The molecular weight excluding hydrogens is 1390 g/mol. The normalized spacial score (nSPS) is 33.6. The van der Waals surface area contributed by atoms with Crippen molar-refractivity contribution in [3.8, 4) is 5.92 Å². The van der Waals surface area contributed by atoms with Crippen LogP contribution in [0.3, 0.4) is 0 Å². The van der Waals surface area contributed by atoms with Gasteiger partial charge >= 0.3 is 7.82 Å². The van der Waals surface area contributed by atoms with Crippen LogP contribution >= 0.6 is 19.2 Å². The van der Waals surface area contributed by atoms with Crippen molar-refractivity contribution in [3.05, 3.63) is 127 Å². The van der Waals surface area contributed by atoms with Gasteiger partial charge in [0.1, 0.15) is 24.4 Å². The van der Waals surface area contributed by atoms with Gasteiger partial charge in [0.15, 0.2) is 6.23 Å². The number of carbonyl (C=O) groups is 7. The molecule has 1 radical (unpaired) electrons. The van der Waals surface area contributed by atoms with E-state index in [2.05, 4.69) is 22.0 Å². The van der Waals surface area contributed by atoms with E-state index in [0.29, 0.717) is 39.3 Å². The van der Waals surface area contributed by atoms with Crippen LogP contribution in [0.4, 0.5) is 0 Å². The Morgan fingerprint density at radius 1 is 0.804 bits per heavy atom. The van der Waals surface area contributed by atoms with Crippen molar-refractivity contribution in [2.45, 2.75) is 207 Å². The molecule has 5 saturated heterocycles. The number of amides is 7. The van der Waals surface area contributed by atoms with Gasteiger partial charge in [0.25, 0.3) is 0 Å². The molecule has 102 heavy (non-hydrogen) atoms. The van der Waals surface area contributed by atoms with Crippen molar-refractivity contribution >= 4 is 87.8 Å². The first-order valence-electron chi connectivity index (χ1n) is 34.0. The first-order chi connectivity index (χ1) is 47.2. The zero-order valence-corrected chi connectivity index (χ0v) is 62.1. The topological polar surface area (TPSA) is 468 Å². The molecule has 2 aromatic heterocycles. The van der Waals surface area contributed by atoms with E-state index in [-0.39, 0.29) is 87.4 Å². The van der Waals surface area contributed by atoms with Gasteiger partial charge in [-0.1, -0.05) is 64.6 Å². The fourth-order valence-electron chi connectivity index (χ4n) is 17.0. The fourth-order valence-corrected chi connectivity index (χ4v) is 19.0. The number of nitrogens with zero attached hydrogens (tertiary/aromatic N) is 7. The van der Waals surface area contributed by atoms with E-state index in [0.717, 1.165) is 22.2 Å². The molecule has 2 aromatic carbocycles. The average Bonchev–Trinajstić information content (AvgIpc) is 1.53. The van der Waals surface area contributed by atoms with E-state index in [9.17, 15) is 53.2 Å². The second-order valence-electron chi connectivity index (χ2n) is 29.6. The summed E-state index contributed by atoms with van der Waals surface area (Å²) in [6.45, 7) is 19.6. The molecule has 0 saturated carbocycles. The van der Waals surface area contributed by atoms with Gasteiger partial charge in [-0.2, -0.15) is 17.1 Å². The van der Waals surface area contributed by atoms with Crippen molar-refractivity contribution in [2.24, 2.45) is 84.7 Å². The molecule has 7 amide bonds. The van der Waals surface area contributed by atoms with Crippen molar-refractivity contribution in [2.75, 3.05) is 6.61 Å². The van der Waals surface area contributed by atoms with Crippen LogP contribution in [0, 0.1) is 71.5 Å². The Kier molecular flexibility index (Phi) is 24.7. The van der Waals surface area contributed by atoms with E-state index in [1.165, 1.54) is 23.3 Å². The van der Waals surface area contributed by atoms with E-state index in [1.54, 1.807) is 15.9 Å². The number of rotatable bonds is 25. The van der Waals surface area contributed by atoms with Gasteiger partial charge in [-0.25, -0.2) is 25.9 Å². The maximum absolute atomic E-state index is 14.3. The first-order valence-corrected chi connectivity index (χ1v) is 36.3. The largest absolute Gasteiger partial charge is 0.685 e. The molecule has 15 N–H and O–H groups in total. The van der Waals surface area contributed by atoms with Crippen LogP contribution in [0.2, 0.25) is 0 Å². The molecule has 30 heteroatoms. The second kappa shape index (κ2) is 31.3. The molecule has 3 unspecified atom stereocenters. The van der Waals surface area contributed by atoms with E-state index >= 15 is 0 Å². The summed E-state index contributed by atoms with van der Waals surface area (Å²) in [5, 5.41) is 45.3. The molecule has 0 spiro atoms. The number of aliphatic hydroxyl groups excluding tert-OH is 2. The van der Waals surface area contributed by atoms with Crippen LogP contribution in [0.15, 0.2) is 88.1 Å². The Labute approximate surface area is 609 Å². The Morgan fingerprint density at radius 3 is 2.03 bits per heavy atom. The molecule has 8 bridgehead atoms. The first kappa shape index (κ1) is 80.5. The summed E-state index contributed by atoms with van der Waals surface area (Å²) in [6, 6.07) is 10.6. The molecule has 4 aromatic rings. The van der Waals surface area contributed by atoms with E-state index in [4.69, 9.17) is 75.9 Å². The molecule has 27 nitrogen and oxygen atoms in total. The van der Waals surface area contributed by atoms with Gasteiger partial charge in [0.2, 0.25) is 41.4 Å². The number of aromatic nitrogens is 2. The molecule has 18 atom stereocenters. The van der Waals surface area contributed by atoms with Gasteiger partial charge in [-0.05, 0) is 140 Å². The number of hydrogen-bond donors (Lipinski definition) is 9. The zero-order valence-electron chi connectivity index (χ0n) is 59.4. The standard InChI is InChI=1S/C62H90N13O14P.C10H5S.Co/c1-29-20-39-40(21-30(29)2)75(28-70-39)57-52(84)53(41(27-76)87-57)89-90(85,86)88-31(3)26-69-49(83)18-19-59(8)37(22-46(66)80)56-62(11)61(10,25-48(68)82)36(14-17-45(65)79)51(74-62)33(5)55-60(9,24-47(67)81)34(12-15-43(63)77)38(71-55)23-42-58(6,7)35(13-16-44(64)78)50(72-42)32(4)54(59)73-56;1-2-9-7-8-5-3-4-6-10(8)11-9;/h20-21,23,26,28,31,34-37,41-42,50-53,56-57,76,84H,12-19,22,24-25,27H2,1-11H3,(H13,63,64,65,66,67,68,77,78,79,80,81,82,85,86);3-7H;/q-4;-1;/b38-23-,54-32-,55-33-,69-26?;;/t31-,34-,35-,36-,37+,41-,42?,50+,51?,52-,53-,56-,57+,59-,60+,61+,62+;;/m1../s1. The summed E-state index contributed by atoms with van der Waals surface area (Å²) < 4.78 is 33.3. The summed E-state index contributed by atoms with van der Waals surface area (Å²) >= 11 is 1.60. The van der Waals surface area contributed by atoms with Crippen LogP contribution < -0.4 is 44.0 Å². The number of carbonyl (C=O) groups excluding carboxylic acids is 7. The number of aryl methyl sites for hydroxylation is 2. The number of primary amides is 6. The fraction of sp³-hybridized carbons (Fsp3) is 0.569. The Morgan fingerprint density at radius 2 is 1.42 bits per heavy atom. The van der Waals surface area contributed by atoms with Gasteiger partial charge < -0.3 is 86.5 Å². The minimum atomic E-state index is -5.11. The number of benzene rings is 2. The van der Waals surface area contributed by atoms with E-state index < -0.39 is 161 Å². The van der Waals surface area contributed by atoms with Crippen molar-refractivity contribution in [1.82, 2.24) is 4.98 Å². The average molecular weight is 1490 g/mol. The van der Waals surface area contributed by atoms with Gasteiger partial charge in [0.05, 0.1) is 24.0 Å². The number of allylic oxidation sites excluding steroid dienone is 3. The van der Waals surface area contributed by atoms with Crippen molar-refractivity contribution < 1.29 is 88.4 Å². The third-order valence-corrected chi connectivity index (χ3v) is 24.7. The van der Waals surface area contributed by atoms with Crippen LogP contribution in [-0.4, -0.2) is 123 Å². The summed E-state index contributed by atoms with van der Waals surface area (Å²) in [6.07, 6.45) is 3.49. The summed E-state index contributed by atoms with van der Waals surface area (Å²) in [5.74, 6) is -4.80. The molecule has 5 fully saturated rings. The van der Waals surface area contributed by atoms with Gasteiger partial charge in [-0.3, -0.25) is 48.5 Å². The molecule has 0 aliphatic carbocycles. The smallest absolute Gasteiger partial charge is 0.473 e. The molecule has 6 aliphatic heterocycles. The predicted molar refractivity (Wildman–Crippen MR) is 379 cm³/mol. The molecule has 557 valence electrons. The van der Waals surface area contributed by atoms with Crippen LogP contribution in [0.25, 0.3) is 42.4 Å². The number of nitrogens with two attached hydrogens (primary N) is 6. The van der Waals surface area contributed by atoms with Crippen LogP contribution in [0.5, 0.6) is 0 Å². The monoisotopic (exact) mass is 1490 g/mol. The molecular formula is C72H95CoN13O14PS-5. The quantitative estimate of drug-likeness (QED) is 0.0104. The number of aliphatic imine (C=N–C) groups is 1. The SMILES string of the molecule is C/C1=C2/[N-]/C(=C\C3[N-][C@@H](/C(C)=C4\[N-][C@H]([C@H](CC(N)=O)[C@@]4(C)CCC(=O)N=C[C@@H](C)OP(=O)(O)O[C@H]4[C@@H](O)[C@@H]([n+]5c[n-]c6cc(C)c(C)cc65)O[C@@H]4CO)[C@]4(C)[N-]C1[C@@H](CCC(N)=O)[C@]4(C)CC(N)=O)[C@@H](CCC(N)=O)C3(C)C)[C@@H](CCC(N)=O)[C@]2(C)CC(N)=O.[C-]#Cc1cc2ccccc2s1.[Co]. The van der Waals surface area contributed by atoms with Gasteiger partial charge in [-0.15, -0.1) is 53.0 Å². The number of aliphatic hydroxyl groups is 2. The number of ether oxygens (including phenoxy) is 1. The third kappa shape index (κ3) is 16.1. The number of imidazole rings is 1. The van der Waals surface area contributed by atoms with Crippen LogP contribution in [0.1, 0.15) is 155 Å². The number of phosphoric ester groups is 1. The Bertz CT molecular complexity index is 4120. The molecule has 10 rings (SSSR count). The third-order valence-electron chi connectivity index (χ3n) is 22.6. The summed E-state index contributed by atoms with van der Waals surface area (Å²) in [7, 11) is -5.11. The maximum Gasteiger partial charge on any atom is 0.473 e. The number of phosphoric acid groups is 1. The Balaban J connectivity index is 0.000000995. The van der Waals surface area contributed by atoms with Crippen molar-refractivity contribution in [1.29, 1.82) is 0 Å². The minimum Gasteiger partial charge on any atom is -0.685 e. The number of hydrogen-bond acceptors (Lipinski definition) is 14. The summed E-state index contributed by atoms with van der Waals surface area (Å²) in [5.41, 5.74) is 36.0. The molecule has 8 heterocycles. The minimum absolute atomic E-state index is 0. The number of fused-ring (bicyclic) bond motifs is 11. The summed E-state index contributed by atoms with van der Waals surface area (Å²) in [4.78, 5) is 114. The Hall–Kier alpha value is -7.17.